The molecule has 5 rings (SSSR count). The standard InChI is InChI=1S/C30H34N4O6/c1-20-23(19-31-34(20)22-8-5-4-6-9-22)28(35)26-27(21-10-11-24(38-2)25(18-21)39-3)33(30(37)29(26)36)13-7-12-32-14-16-40-17-15-32/h4-6,8-11,18-19,27,35H,7,12-17H2,1-3H3/b28-26-. The van der Waals surface area contributed by atoms with E-state index in [1.807, 2.05) is 37.3 Å². The van der Waals surface area contributed by atoms with E-state index >= 15 is 0 Å². The average molecular weight is 547 g/mol. The Bertz CT molecular complexity index is 1410. The first-order valence-electron chi connectivity index (χ1n) is 13.4. The summed E-state index contributed by atoms with van der Waals surface area (Å²) in [4.78, 5) is 30.8. The molecule has 2 aliphatic heterocycles. The molecule has 10 heteroatoms. The maximum absolute atomic E-state index is 13.5. The third-order valence-corrected chi connectivity index (χ3v) is 7.51. The van der Waals surface area contributed by atoms with Gasteiger partial charge in [0.05, 0.1) is 62.2 Å². The molecule has 0 aliphatic carbocycles. The van der Waals surface area contributed by atoms with Crippen molar-refractivity contribution in [3.8, 4) is 17.2 Å². The number of ether oxygens (including phenoxy) is 3. The molecule has 1 unspecified atom stereocenters. The SMILES string of the molecule is COc1ccc(C2/C(=C(/O)c3cnn(-c4ccccc4)c3C)C(=O)C(=O)N2CCCN2CCOCC2)cc1OC. The van der Waals surface area contributed by atoms with Crippen molar-refractivity contribution in [2.75, 3.05) is 53.6 Å². The lowest BCUT2D eigenvalue weighted by Crippen LogP contribution is -2.39. The topological polar surface area (TPSA) is 106 Å². The Balaban J connectivity index is 1.55. The van der Waals surface area contributed by atoms with E-state index in [1.54, 1.807) is 34.9 Å². The highest BCUT2D eigenvalue weighted by Gasteiger charge is 2.46. The summed E-state index contributed by atoms with van der Waals surface area (Å²) in [5.41, 5.74) is 2.52. The van der Waals surface area contributed by atoms with Crippen LogP contribution in [0.15, 0.2) is 60.3 Å². The molecule has 1 N–H and O–H groups in total. The molecule has 40 heavy (non-hydrogen) atoms. The second-order valence-electron chi connectivity index (χ2n) is 9.81. The monoisotopic (exact) mass is 546 g/mol. The first-order chi connectivity index (χ1) is 19.4. The highest BCUT2D eigenvalue weighted by atomic mass is 16.5. The number of ketones is 1. The first-order valence-corrected chi connectivity index (χ1v) is 13.4. The van der Waals surface area contributed by atoms with Gasteiger partial charge in [-0.2, -0.15) is 5.10 Å². The van der Waals surface area contributed by atoms with Gasteiger partial charge in [-0.05, 0) is 43.2 Å². The van der Waals surface area contributed by atoms with Crippen molar-refractivity contribution in [2.24, 2.45) is 0 Å². The number of hydrogen-bond donors (Lipinski definition) is 1. The highest BCUT2D eigenvalue weighted by Crippen LogP contribution is 2.42. The van der Waals surface area contributed by atoms with Crippen molar-refractivity contribution in [3.63, 3.8) is 0 Å². The average Bonchev–Trinajstić information content (AvgIpc) is 3.50. The van der Waals surface area contributed by atoms with Crippen LogP contribution in [0.3, 0.4) is 0 Å². The number of aromatic nitrogens is 2. The van der Waals surface area contributed by atoms with Gasteiger partial charge in [0.15, 0.2) is 11.5 Å². The summed E-state index contributed by atoms with van der Waals surface area (Å²) in [6, 6.07) is 14.0. The lowest BCUT2D eigenvalue weighted by atomic mass is 9.95. The van der Waals surface area contributed by atoms with Crippen LogP contribution in [0.25, 0.3) is 11.4 Å². The lowest BCUT2D eigenvalue weighted by molar-refractivity contribution is -0.140. The maximum atomic E-state index is 13.5. The fourth-order valence-corrected chi connectivity index (χ4v) is 5.39. The lowest BCUT2D eigenvalue weighted by Gasteiger charge is -2.29. The number of benzene rings is 2. The van der Waals surface area contributed by atoms with Crippen LogP contribution in [0.4, 0.5) is 0 Å². The Kier molecular flexibility index (Phi) is 8.18. The van der Waals surface area contributed by atoms with E-state index in [4.69, 9.17) is 14.2 Å². The molecular formula is C30H34N4O6. The van der Waals surface area contributed by atoms with Crippen molar-refractivity contribution in [2.45, 2.75) is 19.4 Å². The van der Waals surface area contributed by atoms with E-state index in [0.717, 1.165) is 25.3 Å². The van der Waals surface area contributed by atoms with E-state index in [0.29, 0.717) is 54.5 Å². The van der Waals surface area contributed by atoms with Gasteiger partial charge in [-0.3, -0.25) is 14.5 Å². The minimum atomic E-state index is -0.802. The fraction of sp³-hybridized carbons (Fsp3) is 0.367. The first kappa shape index (κ1) is 27.4. The predicted octanol–water partition coefficient (Wildman–Crippen LogP) is 3.34. The second-order valence-corrected chi connectivity index (χ2v) is 9.81. The number of hydrogen-bond acceptors (Lipinski definition) is 8. The summed E-state index contributed by atoms with van der Waals surface area (Å²) in [5, 5.41) is 16.1. The van der Waals surface area contributed by atoms with E-state index in [9.17, 15) is 14.7 Å². The van der Waals surface area contributed by atoms with Crippen molar-refractivity contribution >= 4 is 17.4 Å². The number of methoxy groups -OCH3 is 2. The third kappa shape index (κ3) is 5.20. The highest BCUT2D eigenvalue weighted by molar-refractivity contribution is 6.46. The van der Waals surface area contributed by atoms with Gasteiger partial charge < -0.3 is 24.2 Å². The Hall–Kier alpha value is -4.15. The number of para-hydroxylation sites is 1. The number of rotatable bonds is 9. The molecule has 2 fully saturated rings. The Morgan fingerprint density at radius 1 is 1.02 bits per heavy atom. The number of carbonyl (C=O) groups is 2. The van der Waals surface area contributed by atoms with E-state index < -0.39 is 17.7 Å². The van der Waals surface area contributed by atoms with Gasteiger partial charge in [-0.25, -0.2) is 4.68 Å². The summed E-state index contributed by atoms with van der Waals surface area (Å²) in [7, 11) is 3.07. The number of carbonyl (C=O) groups excluding carboxylic acids is 2. The van der Waals surface area contributed by atoms with Crippen molar-refractivity contribution < 1.29 is 28.9 Å². The van der Waals surface area contributed by atoms with Crippen LogP contribution in [-0.4, -0.2) is 90.0 Å². The molecule has 1 amide bonds. The molecule has 0 radical (unpaired) electrons. The van der Waals surface area contributed by atoms with Crippen LogP contribution in [0.1, 0.15) is 29.3 Å². The van der Waals surface area contributed by atoms with E-state index in [1.165, 1.54) is 13.3 Å². The quantitative estimate of drug-likeness (QED) is 0.248. The van der Waals surface area contributed by atoms with Gasteiger partial charge in [-0.15, -0.1) is 0 Å². The molecule has 1 atom stereocenters. The van der Waals surface area contributed by atoms with Crippen molar-refractivity contribution in [3.05, 3.63) is 77.1 Å². The number of likely N-dealkylation sites (tertiary alicyclic amines) is 1. The molecule has 1 aromatic heterocycles. The summed E-state index contributed by atoms with van der Waals surface area (Å²) in [6.45, 7) is 5.98. The van der Waals surface area contributed by atoms with Crippen LogP contribution in [-0.2, 0) is 14.3 Å². The maximum Gasteiger partial charge on any atom is 0.295 e. The van der Waals surface area contributed by atoms with Gasteiger partial charge in [-0.1, -0.05) is 24.3 Å². The summed E-state index contributed by atoms with van der Waals surface area (Å²) < 4.78 is 18.0. The molecule has 3 aromatic rings. The minimum absolute atomic E-state index is 0.0271. The zero-order chi connectivity index (χ0) is 28.2. The summed E-state index contributed by atoms with van der Waals surface area (Å²) >= 11 is 0. The largest absolute Gasteiger partial charge is 0.507 e. The number of nitrogens with zero attached hydrogens (tertiary/aromatic N) is 4. The summed E-state index contributed by atoms with van der Waals surface area (Å²) in [6.07, 6.45) is 2.19. The van der Waals surface area contributed by atoms with Crippen LogP contribution >= 0.6 is 0 Å². The number of aliphatic hydroxyl groups is 1. The van der Waals surface area contributed by atoms with Crippen LogP contribution in [0, 0.1) is 6.92 Å². The Morgan fingerprint density at radius 3 is 2.45 bits per heavy atom. The second kappa shape index (κ2) is 11.9. The van der Waals surface area contributed by atoms with Gasteiger partial charge in [0.25, 0.3) is 11.7 Å². The van der Waals surface area contributed by atoms with Gasteiger partial charge in [0.2, 0.25) is 0 Å². The van der Waals surface area contributed by atoms with Gasteiger partial charge in [0.1, 0.15) is 5.76 Å². The molecule has 0 bridgehead atoms. The molecule has 0 saturated carbocycles. The van der Waals surface area contributed by atoms with Crippen LogP contribution in [0.5, 0.6) is 11.5 Å². The van der Waals surface area contributed by atoms with E-state index in [2.05, 4.69) is 10.00 Å². The summed E-state index contributed by atoms with van der Waals surface area (Å²) in [5.74, 6) is -0.636. The minimum Gasteiger partial charge on any atom is -0.507 e. The number of amides is 1. The molecule has 2 aliphatic rings. The number of aliphatic hydroxyl groups excluding tert-OH is 1. The molecule has 210 valence electrons. The molecule has 2 saturated heterocycles. The van der Waals surface area contributed by atoms with Crippen molar-refractivity contribution in [1.82, 2.24) is 19.6 Å². The molecular weight excluding hydrogens is 512 g/mol. The fourth-order valence-electron chi connectivity index (χ4n) is 5.39. The Labute approximate surface area is 233 Å². The number of morpholine rings is 1. The number of Topliss-reactive ketones (excluding diaryl/α,β-unsaturated/α-hetero) is 1. The van der Waals surface area contributed by atoms with Crippen LogP contribution in [0.2, 0.25) is 0 Å². The Morgan fingerprint density at radius 2 is 1.75 bits per heavy atom. The smallest absolute Gasteiger partial charge is 0.295 e. The van der Waals surface area contributed by atoms with E-state index in [-0.39, 0.29) is 11.3 Å². The normalized spacial score (nSPS) is 19.3. The molecule has 3 heterocycles. The van der Waals surface area contributed by atoms with Gasteiger partial charge >= 0.3 is 0 Å². The zero-order valence-corrected chi connectivity index (χ0v) is 23.0. The molecule has 10 nitrogen and oxygen atoms in total. The predicted molar refractivity (Wildman–Crippen MR) is 149 cm³/mol. The zero-order valence-electron chi connectivity index (χ0n) is 23.0. The van der Waals surface area contributed by atoms with Crippen molar-refractivity contribution in [1.29, 1.82) is 0 Å². The van der Waals surface area contributed by atoms with Crippen LogP contribution < -0.4 is 9.47 Å². The molecule has 2 aromatic carbocycles. The third-order valence-electron chi connectivity index (χ3n) is 7.51. The molecule has 0 spiro atoms. The van der Waals surface area contributed by atoms with Gasteiger partial charge in [0, 0.05) is 26.2 Å².